The van der Waals surface area contributed by atoms with Gasteiger partial charge in [0, 0.05) is 24.5 Å². The predicted molar refractivity (Wildman–Crippen MR) is 85.6 cm³/mol. The Labute approximate surface area is 133 Å². The van der Waals surface area contributed by atoms with Crippen LogP contribution in [0.25, 0.3) is 0 Å². The Morgan fingerprint density at radius 3 is 2.38 bits per heavy atom. The molecule has 0 radical (unpaired) electrons. The first-order valence-electron chi connectivity index (χ1n) is 6.90. The smallest absolute Gasteiger partial charge is 0.245 e. The predicted octanol–water partition coefficient (Wildman–Crippen LogP) is 3.91. The number of rotatable bonds is 3. The molecule has 1 saturated heterocycles. The number of piperidine rings is 1. The van der Waals surface area contributed by atoms with Gasteiger partial charge in [0.1, 0.15) is 0 Å². The van der Waals surface area contributed by atoms with Gasteiger partial charge in [-0.2, -0.15) is 4.98 Å². The summed E-state index contributed by atoms with van der Waals surface area (Å²) in [6.45, 7) is 2.26. The maximum absolute atomic E-state index is 5.93. The fourth-order valence-electron chi connectivity index (χ4n) is 2.42. The Morgan fingerprint density at radius 1 is 0.952 bits per heavy atom. The molecule has 5 nitrogen and oxygen atoms in total. The summed E-state index contributed by atoms with van der Waals surface area (Å²) >= 11 is 11.7. The van der Waals surface area contributed by atoms with Crippen molar-refractivity contribution in [3.05, 3.63) is 34.7 Å². The molecule has 0 aliphatic carbocycles. The monoisotopic (exact) mass is 323 g/mol. The molecule has 0 spiro atoms. The SMILES string of the molecule is Clc1nnc(Cl)c(Nc2ccc(N3CCCCC3)cc2)n1. The molecule has 1 aromatic heterocycles. The number of anilines is 3. The van der Waals surface area contributed by atoms with Crippen molar-refractivity contribution in [2.45, 2.75) is 19.3 Å². The highest BCUT2D eigenvalue weighted by atomic mass is 35.5. The molecule has 1 aromatic carbocycles. The summed E-state index contributed by atoms with van der Waals surface area (Å²) in [6.07, 6.45) is 3.86. The molecule has 2 heterocycles. The molecule has 3 rings (SSSR count). The molecule has 1 N–H and O–H groups in total. The number of hydrogen-bond acceptors (Lipinski definition) is 5. The van der Waals surface area contributed by atoms with Crippen LogP contribution in [-0.2, 0) is 0 Å². The Bertz CT molecular complexity index is 611. The molecule has 21 heavy (non-hydrogen) atoms. The Hall–Kier alpha value is -1.59. The van der Waals surface area contributed by atoms with E-state index in [1.165, 1.54) is 24.9 Å². The molecule has 1 fully saturated rings. The molecule has 0 atom stereocenters. The molecular weight excluding hydrogens is 309 g/mol. The van der Waals surface area contributed by atoms with Crippen molar-refractivity contribution in [3.8, 4) is 0 Å². The molecule has 1 aliphatic rings. The van der Waals surface area contributed by atoms with Crippen molar-refractivity contribution >= 4 is 40.4 Å². The van der Waals surface area contributed by atoms with Crippen LogP contribution in [0, 0.1) is 0 Å². The zero-order valence-corrected chi connectivity index (χ0v) is 12.9. The number of halogens is 2. The number of hydrogen-bond donors (Lipinski definition) is 1. The summed E-state index contributed by atoms with van der Waals surface area (Å²) in [5, 5.41) is 10.6. The van der Waals surface area contributed by atoms with Crippen molar-refractivity contribution in [3.63, 3.8) is 0 Å². The third kappa shape index (κ3) is 3.54. The minimum Gasteiger partial charge on any atom is -0.372 e. The van der Waals surface area contributed by atoms with E-state index in [4.69, 9.17) is 23.2 Å². The van der Waals surface area contributed by atoms with Crippen molar-refractivity contribution < 1.29 is 0 Å². The normalized spacial score (nSPS) is 15.0. The molecule has 0 bridgehead atoms. The van der Waals surface area contributed by atoms with E-state index in [9.17, 15) is 0 Å². The molecule has 0 unspecified atom stereocenters. The fraction of sp³-hybridized carbons (Fsp3) is 0.357. The lowest BCUT2D eigenvalue weighted by Crippen LogP contribution is -2.29. The van der Waals surface area contributed by atoms with Crippen LogP contribution in [0.15, 0.2) is 24.3 Å². The van der Waals surface area contributed by atoms with Gasteiger partial charge in [0.2, 0.25) is 5.28 Å². The third-order valence-electron chi connectivity index (χ3n) is 3.47. The van der Waals surface area contributed by atoms with E-state index in [0.29, 0.717) is 5.82 Å². The van der Waals surface area contributed by atoms with E-state index in [1.807, 2.05) is 12.1 Å². The van der Waals surface area contributed by atoms with Crippen LogP contribution in [-0.4, -0.2) is 28.3 Å². The molecule has 0 saturated carbocycles. The lowest BCUT2D eigenvalue weighted by molar-refractivity contribution is 0.578. The lowest BCUT2D eigenvalue weighted by atomic mass is 10.1. The van der Waals surface area contributed by atoms with Crippen LogP contribution < -0.4 is 10.2 Å². The zero-order valence-electron chi connectivity index (χ0n) is 11.4. The van der Waals surface area contributed by atoms with Gasteiger partial charge in [-0.3, -0.25) is 0 Å². The zero-order chi connectivity index (χ0) is 14.7. The van der Waals surface area contributed by atoms with Gasteiger partial charge in [0.25, 0.3) is 0 Å². The van der Waals surface area contributed by atoms with Crippen molar-refractivity contribution in [1.29, 1.82) is 0 Å². The van der Waals surface area contributed by atoms with Crippen LogP contribution in [0.3, 0.4) is 0 Å². The van der Waals surface area contributed by atoms with Gasteiger partial charge in [-0.15, -0.1) is 10.2 Å². The fourth-order valence-corrected chi connectivity index (χ4v) is 2.67. The summed E-state index contributed by atoms with van der Waals surface area (Å²) < 4.78 is 0. The summed E-state index contributed by atoms with van der Waals surface area (Å²) in [5.41, 5.74) is 2.12. The minimum atomic E-state index is 0.0619. The van der Waals surface area contributed by atoms with Crippen LogP contribution in [0.5, 0.6) is 0 Å². The van der Waals surface area contributed by atoms with Gasteiger partial charge in [0.15, 0.2) is 11.0 Å². The first kappa shape index (κ1) is 14.4. The molecule has 110 valence electrons. The van der Waals surface area contributed by atoms with Gasteiger partial charge >= 0.3 is 0 Å². The maximum atomic E-state index is 5.93. The number of nitrogens with zero attached hydrogens (tertiary/aromatic N) is 4. The summed E-state index contributed by atoms with van der Waals surface area (Å²) in [4.78, 5) is 6.42. The van der Waals surface area contributed by atoms with Gasteiger partial charge in [-0.1, -0.05) is 11.6 Å². The lowest BCUT2D eigenvalue weighted by Gasteiger charge is -2.28. The highest BCUT2D eigenvalue weighted by Gasteiger charge is 2.11. The van der Waals surface area contributed by atoms with Crippen molar-refractivity contribution in [2.75, 3.05) is 23.3 Å². The molecule has 1 aliphatic heterocycles. The van der Waals surface area contributed by atoms with Gasteiger partial charge in [0.05, 0.1) is 0 Å². The highest BCUT2D eigenvalue weighted by Crippen LogP contribution is 2.25. The van der Waals surface area contributed by atoms with Crippen molar-refractivity contribution in [1.82, 2.24) is 15.2 Å². The Kier molecular flexibility index (Phi) is 4.41. The molecular formula is C14H15Cl2N5. The van der Waals surface area contributed by atoms with E-state index >= 15 is 0 Å². The number of aromatic nitrogens is 3. The highest BCUT2D eigenvalue weighted by molar-refractivity contribution is 6.32. The molecule has 0 amide bonds. The third-order valence-corrected chi connectivity index (χ3v) is 3.89. The van der Waals surface area contributed by atoms with Crippen molar-refractivity contribution in [2.24, 2.45) is 0 Å². The topological polar surface area (TPSA) is 53.9 Å². The molecule has 7 heteroatoms. The Balaban J connectivity index is 1.73. The van der Waals surface area contributed by atoms with Crippen LogP contribution in [0.4, 0.5) is 17.2 Å². The van der Waals surface area contributed by atoms with E-state index in [2.05, 4.69) is 37.5 Å². The second kappa shape index (κ2) is 6.45. The number of nitrogens with one attached hydrogen (secondary N) is 1. The van der Waals surface area contributed by atoms with Crippen LogP contribution in [0.1, 0.15) is 19.3 Å². The summed E-state index contributed by atoms with van der Waals surface area (Å²) in [5.74, 6) is 0.405. The molecule has 2 aromatic rings. The second-order valence-corrected chi connectivity index (χ2v) is 5.64. The van der Waals surface area contributed by atoms with Crippen LogP contribution in [0.2, 0.25) is 10.4 Å². The summed E-state index contributed by atoms with van der Waals surface area (Å²) in [7, 11) is 0. The largest absolute Gasteiger partial charge is 0.372 e. The standard InChI is InChI=1S/C14H15Cl2N5/c15-12-13(18-14(16)20-19-12)17-10-4-6-11(7-5-10)21-8-2-1-3-9-21/h4-7H,1-3,8-9H2,(H,17,18,20). The number of benzene rings is 1. The van der Waals surface area contributed by atoms with Gasteiger partial charge in [-0.05, 0) is 55.1 Å². The maximum Gasteiger partial charge on any atom is 0.245 e. The van der Waals surface area contributed by atoms with Gasteiger partial charge < -0.3 is 10.2 Å². The Morgan fingerprint density at radius 2 is 1.67 bits per heavy atom. The average molecular weight is 324 g/mol. The van der Waals surface area contributed by atoms with E-state index in [-0.39, 0.29) is 10.4 Å². The first-order chi connectivity index (χ1) is 10.2. The van der Waals surface area contributed by atoms with E-state index in [1.54, 1.807) is 0 Å². The van der Waals surface area contributed by atoms with E-state index in [0.717, 1.165) is 18.8 Å². The second-order valence-electron chi connectivity index (χ2n) is 4.94. The first-order valence-corrected chi connectivity index (χ1v) is 7.66. The minimum absolute atomic E-state index is 0.0619. The van der Waals surface area contributed by atoms with E-state index < -0.39 is 0 Å². The average Bonchev–Trinajstić information content (AvgIpc) is 2.53. The quantitative estimate of drug-likeness (QED) is 0.927. The van der Waals surface area contributed by atoms with Gasteiger partial charge in [-0.25, -0.2) is 0 Å². The van der Waals surface area contributed by atoms with Crippen LogP contribution >= 0.6 is 23.2 Å². The summed E-state index contributed by atoms with van der Waals surface area (Å²) in [6, 6.07) is 8.18.